The molecule has 0 spiro atoms. The minimum Gasteiger partial charge on any atom is -0.376 e. The van der Waals surface area contributed by atoms with Gasteiger partial charge in [-0.25, -0.2) is 0 Å². The van der Waals surface area contributed by atoms with Gasteiger partial charge >= 0.3 is 0 Å². The molecule has 112 valence electrons. The van der Waals surface area contributed by atoms with Crippen molar-refractivity contribution in [2.75, 3.05) is 6.61 Å². The van der Waals surface area contributed by atoms with Crippen molar-refractivity contribution in [3.05, 3.63) is 71.8 Å². The molecule has 21 heavy (non-hydrogen) atoms. The van der Waals surface area contributed by atoms with Crippen LogP contribution in [0.5, 0.6) is 0 Å². The van der Waals surface area contributed by atoms with E-state index in [1.165, 1.54) is 11.1 Å². The summed E-state index contributed by atoms with van der Waals surface area (Å²) in [7, 11) is 0. The van der Waals surface area contributed by atoms with Gasteiger partial charge in [0, 0.05) is 5.92 Å². The highest BCUT2D eigenvalue weighted by molar-refractivity contribution is 5.14. The largest absolute Gasteiger partial charge is 0.376 e. The van der Waals surface area contributed by atoms with Gasteiger partial charge in [-0.05, 0) is 18.1 Å². The molecule has 0 bridgehead atoms. The Balaban J connectivity index is 1.66. The van der Waals surface area contributed by atoms with Crippen LogP contribution in [0.1, 0.15) is 25.0 Å². The first-order valence-electron chi connectivity index (χ1n) is 7.53. The number of rotatable bonds is 8. The highest BCUT2D eigenvalue weighted by Crippen LogP contribution is 2.12. The lowest BCUT2D eigenvalue weighted by Crippen LogP contribution is -2.22. The highest BCUT2D eigenvalue weighted by Gasteiger charge is 2.13. The molecule has 1 unspecified atom stereocenters. The zero-order valence-electron chi connectivity index (χ0n) is 12.9. The molecule has 2 heteroatoms. The zero-order chi connectivity index (χ0) is 14.9. The second-order valence-electron chi connectivity index (χ2n) is 5.48. The van der Waals surface area contributed by atoms with Crippen LogP contribution in [0.15, 0.2) is 60.7 Å². The van der Waals surface area contributed by atoms with E-state index in [9.17, 15) is 0 Å². The lowest BCUT2D eigenvalue weighted by atomic mass is 10.1. The lowest BCUT2D eigenvalue weighted by molar-refractivity contribution is -0.0182. The van der Waals surface area contributed by atoms with Crippen molar-refractivity contribution in [1.82, 2.24) is 0 Å². The van der Waals surface area contributed by atoms with E-state index in [4.69, 9.17) is 9.47 Å². The second-order valence-corrected chi connectivity index (χ2v) is 5.48. The van der Waals surface area contributed by atoms with Gasteiger partial charge in [0.2, 0.25) is 0 Å². The maximum absolute atomic E-state index is 5.91. The molecule has 2 nitrogen and oxygen atoms in total. The SMILES string of the molecule is CC(COCc1ccccc1)[C@H](C)OCc1ccccc1. The zero-order valence-corrected chi connectivity index (χ0v) is 12.9. The van der Waals surface area contributed by atoms with Crippen LogP contribution in [0.4, 0.5) is 0 Å². The average Bonchev–Trinajstić information content (AvgIpc) is 2.54. The quantitative estimate of drug-likeness (QED) is 0.713. The van der Waals surface area contributed by atoms with Crippen LogP contribution < -0.4 is 0 Å². The Hall–Kier alpha value is -1.64. The molecular weight excluding hydrogens is 260 g/mol. The van der Waals surface area contributed by atoms with E-state index in [1.54, 1.807) is 0 Å². The predicted octanol–water partition coefficient (Wildman–Crippen LogP) is 4.44. The molecule has 2 aromatic carbocycles. The van der Waals surface area contributed by atoms with Gasteiger partial charge in [0.25, 0.3) is 0 Å². The van der Waals surface area contributed by atoms with Crippen LogP contribution in [0.3, 0.4) is 0 Å². The van der Waals surface area contributed by atoms with Gasteiger partial charge < -0.3 is 9.47 Å². The van der Waals surface area contributed by atoms with Crippen molar-refractivity contribution in [3.8, 4) is 0 Å². The fraction of sp³-hybridized carbons (Fsp3) is 0.368. The van der Waals surface area contributed by atoms with Crippen LogP contribution in [-0.2, 0) is 22.7 Å². The third kappa shape index (κ3) is 5.70. The molecule has 0 aliphatic heterocycles. The van der Waals surface area contributed by atoms with Gasteiger partial charge in [-0.15, -0.1) is 0 Å². The van der Waals surface area contributed by atoms with Gasteiger partial charge in [0.05, 0.1) is 25.9 Å². The summed E-state index contributed by atoms with van der Waals surface area (Å²) in [6.07, 6.45) is 0.181. The van der Waals surface area contributed by atoms with Crippen LogP contribution in [0, 0.1) is 5.92 Å². The summed E-state index contributed by atoms with van der Waals surface area (Å²) in [5, 5.41) is 0. The van der Waals surface area contributed by atoms with E-state index in [2.05, 4.69) is 38.1 Å². The van der Waals surface area contributed by atoms with Crippen LogP contribution >= 0.6 is 0 Å². The summed E-state index contributed by atoms with van der Waals surface area (Å²) < 4.78 is 11.7. The molecule has 0 aliphatic carbocycles. The van der Waals surface area contributed by atoms with Gasteiger partial charge in [-0.1, -0.05) is 67.6 Å². The molecule has 2 aromatic rings. The molecule has 2 rings (SSSR count). The highest BCUT2D eigenvalue weighted by atomic mass is 16.5. The maximum Gasteiger partial charge on any atom is 0.0720 e. The standard InChI is InChI=1S/C19H24O2/c1-16(13-20-14-18-9-5-3-6-10-18)17(2)21-15-19-11-7-4-8-12-19/h3-12,16-17H,13-15H2,1-2H3/t16?,17-/m0/s1. The minimum atomic E-state index is 0.181. The summed E-state index contributed by atoms with van der Waals surface area (Å²) in [6, 6.07) is 20.5. The molecule has 0 fully saturated rings. The van der Waals surface area contributed by atoms with Gasteiger partial charge in [0.15, 0.2) is 0 Å². The molecule has 0 amide bonds. The van der Waals surface area contributed by atoms with Crippen LogP contribution in [-0.4, -0.2) is 12.7 Å². The fourth-order valence-corrected chi connectivity index (χ4v) is 2.04. The molecule has 2 atom stereocenters. The number of hydrogen-bond donors (Lipinski definition) is 0. The molecule has 0 aliphatic rings. The smallest absolute Gasteiger partial charge is 0.0720 e. The first-order valence-corrected chi connectivity index (χ1v) is 7.53. The number of benzene rings is 2. The first kappa shape index (κ1) is 15.7. The lowest BCUT2D eigenvalue weighted by Gasteiger charge is -2.20. The Kier molecular flexibility index (Phi) is 6.45. The minimum absolute atomic E-state index is 0.181. The van der Waals surface area contributed by atoms with Gasteiger partial charge in [-0.2, -0.15) is 0 Å². The van der Waals surface area contributed by atoms with E-state index >= 15 is 0 Å². The van der Waals surface area contributed by atoms with Crippen molar-refractivity contribution in [3.63, 3.8) is 0 Å². The third-order valence-corrected chi connectivity index (χ3v) is 3.65. The molecular formula is C19H24O2. The molecule has 0 saturated heterocycles. The Morgan fingerprint density at radius 1 is 0.762 bits per heavy atom. The number of ether oxygens (including phenoxy) is 2. The normalized spacial score (nSPS) is 13.8. The maximum atomic E-state index is 5.91. The first-order chi connectivity index (χ1) is 10.3. The molecule has 0 heterocycles. The monoisotopic (exact) mass is 284 g/mol. The topological polar surface area (TPSA) is 18.5 Å². The Labute approximate surface area is 127 Å². The Bertz CT molecular complexity index is 495. The van der Waals surface area contributed by atoms with E-state index < -0.39 is 0 Å². The van der Waals surface area contributed by atoms with E-state index in [1.807, 2.05) is 36.4 Å². The fourth-order valence-electron chi connectivity index (χ4n) is 2.04. The molecule has 0 radical (unpaired) electrons. The van der Waals surface area contributed by atoms with Crippen molar-refractivity contribution in [1.29, 1.82) is 0 Å². The molecule has 0 aromatic heterocycles. The van der Waals surface area contributed by atoms with Crippen molar-refractivity contribution < 1.29 is 9.47 Å². The van der Waals surface area contributed by atoms with E-state index in [0.29, 0.717) is 25.7 Å². The average molecular weight is 284 g/mol. The van der Waals surface area contributed by atoms with E-state index in [-0.39, 0.29) is 6.10 Å². The van der Waals surface area contributed by atoms with Crippen molar-refractivity contribution in [2.45, 2.75) is 33.2 Å². The van der Waals surface area contributed by atoms with Crippen LogP contribution in [0.25, 0.3) is 0 Å². The second kappa shape index (κ2) is 8.60. The molecule has 0 N–H and O–H groups in total. The van der Waals surface area contributed by atoms with Crippen molar-refractivity contribution >= 4 is 0 Å². The van der Waals surface area contributed by atoms with Crippen LogP contribution in [0.2, 0.25) is 0 Å². The summed E-state index contributed by atoms with van der Waals surface area (Å²) in [4.78, 5) is 0. The molecule has 0 saturated carbocycles. The van der Waals surface area contributed by atoms with E-state index in [0.717, 1.165) is 0 Å². The summed E-state index contributed by atoms with van der Waals surface area (Å²) in [5.74, 6) is 0.373. The third-order valence-electron chi connectivity index (χ3n) is 3.65. The summed E-state index contributed by atoms with van der Waals surface area (Å²) in [5.41, 5.74) is 2.42. The van der Waals surface area contributed by atoms with Gasteiger partial charge in [0.1, 0.15) is 0 Å². The predicted molar refractivity (Wildman–Crippen MR) is 86.0 cm³/mol. The summed E-state index contributed by atoms with van der Waals surface area (Å²) in [6.45, 7) is 6.31. The Morgan fingerprint density at radius 3 is 1.86 bits per heavy atom. The summed E-state index contributed by atoms with van der Waals surface area (Å²) >= 11 is 0. The number of hydrogen-bond acceptors (Lipinski definition) is 2. The Morgan fingerprint density at radius 2 is 1.29 bits per heavy atom. The van der Waals surface area contributed by atoms with Crippen molar-refractivity contribution in [2.24, 2.45) is 5.92 Å². The van der Waals surface area contributed by atoms with Gasteiger partial charge in [-0.3, -0.25) is 0 Å².